The van der Waals surface area contributed by atoms with Gasteiger partial charge in [0.15, 0.2) is 4.91 Å². The SMILES string of the molecule is N#CC(=Cc1ccc2cc(NCCN3CCOCC3)ccc2c1)S(=O)(=O)NCC1OCC(O)C(O)C1O. The van der Waals surface area contributed by atoms with Gasteiger partial charge in [-0.15, -0.1) is 0 Å². The van der Waals surface area contributed by atoms with Gasteiger partial charge in [-0.25, -0.2) is 13.1 Å². The monoisotopic (exact) mass is 532 g/mol. The highest BCUT2D eigenvalue weighted by Gasteiger charge is 2.38. The third kappa shape index (κ3) is 7.04. The van der Waals surface area contributed by atoms with Gasteiger partial charge in [-0.05, 0) is 40.6 Å². The number of allylic oxidation sites excluding steroid dienone is 1. The number of nitrogens with zero attached hydrogens (tertiary/aromatic N) is 2. The van der Waals surface area contributed by atoms with Crippen LogP contribution in [0.1, 0.15) is 5.56 Å². The molecule has 2 aromatic carbocycles. The molecule has 2 aliphatic heterocycles. The van der Waals surface area contributed by atoms with Gasteiger partial charge < -0.3 is 30.1 Å². The minimum absolute atomic E-state index is 0.242. The van der Waals surface area contributed by atoms with E-state index in [-0.39, 0.29) is 13.2 Å². The predicted molar refractivity (Wildman–Crippen MR) is 138 cm³/mol. The molecule has 0 saturated carbocycles. The van der Waals surface area contributed by atoms with Gasteiger partial charge in [-0.1, -0.05) is 18.2 Å². The lowest BCUT2D eigenvalue weighted by Gasteiger charge is -2.35. The summed E-state index contributed by atoms with van der Waals surface area (Å²) in [5.41, 5.74) is 1.52. The molecule has 4 unspecified atom stereocenters. The highest BCUT2D eigenvalue weighted by atomic mass is 32.2. The molecule has 0 spiro atoms. The number of fused-ring (bicyclic) bond motifs is 1. The van der Waals surface area contributed by atoms with E-state index in [4.69, 9.17) is 9.47 Å². The summed E-state index contributed by atoms with van der Waals surface area (Å²) < 4.78 is 38.2. The van der Waals surface area contributed by atoms with Crippen molar-refractivity contribution in [2.45, 2.75) is 24.4 Å². The first kappa shape index (κ1) is 27.4. The number of nitriles is 1. The van der Waals surface area contributed by atoms with Crippen molar-refractivity contribution < 1.29 is 33.2 Å². The molecule has 2 saturated heterocycles. The topological polar surface area (TPSA) is 164 Å². The quantitative estimate of drug-likeness (QED) is 0.274. The Morgan fingerprint density at radius 1 is 1.11 bits per heavy atom. The molecule has 200 valence electrons. The summed E-state index contributed by atoms with van der Waals surface area (Å²) in [7, 11) is -4.21. The number of hydrogen-bond acceptors (Lipinski definition) is 10. The standard InChI is InChI=1S/C25H32N4O7S/c26-14-21(37(33,34)28-15-23-25(32)24(31)22(30)16-36-23)12-17-1-2-19-13-20(4-3-18(19)11-17)27-5-6-29-7-9-35-10-8-29/h1-4,11-13,22-25,27-28,30-32H,5-10,15-16H2. The van der Waals surface area contributed by atoms with Crippen molar-refractivity contribution in [2.75, 3.05) is 57.9 Å². The fraction of sp³-hybridized carbons (Fsp3) is 0.480. The van der Waals surface area contributed by atoms with Crippen LogP contribution in [-0.4, -0.2) is 106 Å². The average molecular weight is 533 g/mol. The summed E-state index contributed by atoms with van der Waals surface area (Å²) >= 11 is 0. The highest BCUT2D eigenvalue weighted by Crippen LogP contribution is 2.23. The summed E-state index contributed by atoms with van der Waals surface area (Å²) in [5.74, 6) is 0. The largest absolute Gasteiger partial charge is 0.388 e. The van der Waals surface area contributed by atoms with Crippen LogP contribution in [0.4, 0.5) is 5.69 Å². The van der Waals surface area contributed by atoms with Crippen LogP contribution >= 0.6 is 0 Å². The Hall–Kier alpha value is -2.60. The zero-order valence-corrected chi connectivity index (χ0v) is 21.1. The molecule has 0 radical (unpaired) electrons. The molecular formula is C25H32N4O7S. The molecule has 37 heavy (non-hydrogen) atoms. The molecule has 11 nitrogen and oxygen atoms in total. The van der Waals surface area contributed by atoms with Crippen molar-refractivity contribution in [1.82, 2.24) is 9.62 Å². The number of sulfonamides is 1. The van der Waals surface area contributed by atoms with Crippen LogP contribution in [0.25, 0.3) is 16.8 Å². The molecule has 0 aromatic heterocycles. The lowest BCUT2D eigenvalue weighted by atomic mass is 10.0. The number of aliphatic hydroxyl groups excluding tert-OH is 3. The summed E-state index contributed by atoms with van der Waals surface area (Å²) in [4.78, 5) is 1.85. The van der Waals surface area contributed by atoms with E-state index >= 15 is 0 Å². The molecule has 2 aliphatic rings. The Bertz CT molecular complexity index is 1260. The van der Waals surface area contributed by atoms with E-state index in [2.05, 4.69) is 14.9 Å². The Morgan fingerprint density at radius 3 is 2.59 bits per heavy atom. The Morgan fingerprint density at radius 2 is 1.84 bits per heavy atom. The minimum Gasteiger partial charge on any atom is -0.388 e. The Balaban J connectivity index is 1.39. The molecule has 2 aromatic rings. The normalized spacial score (nSPS) is 25.6. The zero-order chi connectivity index (χ0) is 26.4. The second kappa shape index (κ2) is 12.3. The van der Waals surface area contributed by atoms with Crippen molar-refractivity contribution in [2.24, 2.45) is 0 Å². The summed E-state index contributed by atoms with van der Waals surface area (Å²) in [6.07, 6.45) is -3.97. The van der Waals surface area contributed by atoms with Crippen LogP contribution in [0.2, 0.25) is 0 Å². The molecule has 2 fully saturated rings. The first-order valence-electron chi connectivity index (χ1n) is 12.1. The third-order valence-corrected chi connectivity index (χ3v) is 7.84. The van der Waals surface area contributed by atoms with Gasteiger partial charge in [0.2, 0.25) is 0 Å². The molecule has 4 rings (SSSR count). The van der Waals surface area contributed by atoms with E-state index in [1.54, 1.807) is 18.2 Å². The Kier molecular flexibility index (Phi) is 9.12. The van der Waals surface area contributed by atoms with E-state index < -0.39 is 39.3 Å². The Labute approximate surface area is 216 Å². The molecule has 2 heterocycles. The number of morpholine rings is 1. The van der Waals surface area contributed by atoms with Crippen molar-refractivity contribution in [1.29, 1.82) is 5.26 Å². The van der Waals surface area contributed by atoms with Gasteiger partial charge >= 0.3 is 0 Å². The van der Waals surface area contributed by atoms with Gasteiger partial charge in [0.25, 0.3) is 10.0 Å². The van der Waals surface area contributed by atoms with E-state index in [1.165, 1.54) is 6.08 Å². The number of nitrogens with one attached hydrogen (secondary N) is 2. The van der Waals surface area contributed by atoms with Crippen LogP contribution < -0.4 is 10.0 Å². The molecule has 0 aliphatic carbocycles. The van der Waals surface area contributed by atoms with Crippen LogP contribution in [-0.2, 0) is 19.5 Å². The number of ether oxygens (including phenoxy) is 2. The maximum absolute atomic E-state index is 12.7. The summed E-state index contributed by atoms with van der Waals surface area (Å²) in [6, 6.07) is 13.0. The van der Waals surface area contributed by atoms with Crippen LogP contribution in [0, 0.1) is 11.3 Å². The maximum Gasteiger partial charge on any atom is 0.250 e. The van der Waals surface area contributed by atoms with Crippen LogP contribution in [0.5, 0.6) is 0 Å². The fourth-order valence-corrected chi connectivity index (χ4v) is 5.24. The van der Waals surface area contributed by atoms with Crippen molar-refractivity contribution >= 4 is 32.6 Å². The molecule has 0 bridgehead atoms. The van der Waals surface area contributed by atoms with E-state index in [0.29, 0.717) is 5.56 Å². The first-order chi connectivity index (χ1) is 17.8. The average Bonchev–Trinajstić information content (AvgIpc) is 2.90. The lowest BCUT2D eigenvalue weighted by Crippen LogP contribution is -2.56. The molecular weight excluding hydrogens is 500 g/mol. The van der Waals surface area contributed by atoms with Gasteiger partial charge in [-0.3, -0.25) is 4.90 Å². The van der Waals surface area contributed by atoms with Crippen LogP contribution in [0.15, 0.2) is 41.3 Å². The molecule has 12 heteroatoms. The van der Waals surface area contributed by atoms with E-state index in [0.717, 1.165) is 55.9 Å². The molecule has 0 amide bonds. The number of hydrogen-bond donors (Lipinski definition) is 5. The van der Waals surface area contributed by atoms with Crippen molar-refractivity contribution in [3.63, 3.8) is 0 Å². The van der Waals surface area contributed by atoms with Gasteiger partial charge in [-0.2, -0.15) is 5.26 Å². The first-order valence-corrected chi connectivity index (χ1v) is 13.6. The van der Waals surface area contributed by atoms with Crippen LogP contribution in [0.3, 0.4) is 0 Å². The fourth-order valence-electron chi connectivity index (χ4n) is 4.28. The second-order valence-electron chi connectivity index (χ2n) is 9.09. The minimum atomic E-state index is -4.21. The number of benzene rings is 2. The van der Waals surface area contributed by atoms with Gasteiger partial charge in [0.05, 0.1) is 25.9 Å². The predicted octanol–water partition coefficient (Wildman–Crippen LogP) is -0.151. The van der Waals surface area contributed by atoms with Gasteiger partial charge in [0.1, 0.15) is 24.4 Å². The van der Waals surface area contributed by atoms with Crippen molar-refractivity contribution in [3.8, 4) is 6.07 Å². The van der Waals surface area contributed by atoms with E-state index in [9.17, 15) is 29.0 Å². The third-order valence-electron chi connectivity index (χ3n) is 6.50. The number of anilines is 1. The summed E-state index contributed by atoms with van der Waals surface area (Å²) in [5, 5.41) is 44.1. The maximum atomic E-state index is 12.7. The molecule has 4 atom stereocenters. The second-order valence-corrected chi connectivity index (χ2v) is 10.8. The van der Waals surface area contributed by atoms with Gasteiger partial charge in [0, 0.05) is 38.4 Å². The smallest absolute Gasteiger partial charge is 0.250 e. The van der Waals surface area contributed by atoms with Crippen molar-refractivity contribution in [3.05, 3.63) is 46.9 Å². The summed E-state index contributed by atoms with van der Waals surface area (Å²) in [6.45, 7) is 4.54. The van der Waals surface area contributed by atoms with E-state index in [1.807, 2.05) is 24.3 Å². The number of rotatable bonds is 9. The number of aliphatic hydroxyl groups is 3. The molecule has 5 N–H and O–H groups in total. The zero-order valence-electron chi connectivity index (χ0n) is 20.3. The lowest BCUT2D eigenvalue weighted by molar-refractivity contribution is -0.184. The highest BCUT2D eigenvalue weighted by molar-refractivity contribution is 7.93.